The molecule has 2 unspecified atom stereocenters. The zero-order valence-electron chi connectivity index (χ0n) is 15.5. The lowest BCUT2D eigenvalue weighted by Gasteiger charge is -2.26. The fraction of sp³-hybridized carbons (Fsp3) is 0.267. The molecule has 1 saturated heterocycles. The summed E-state index contributed by atoms with van der Waals surface area (Å²) in [5.41, 5.74) is 3.93. The summed E-state index contributed by atoms with van der Waals surface area (Å²) in [6.45, 7) is 2.46. The van der Waals surface area contributed by atoms with Crippen molar-refractivity contribution in [1.82, 2.24) is 0 Å². The summed E-state index contributed by atoms with van der Waals surface area (Å²) in [4.78, 5) is 0. The maximum Gasteiger partial charge on any atom is 0.256 e. The summed E-state index contributed by atoms with van der Waals surface area (Å²) in [5.74, 6) is 0.438. The molecule has 110 valence electrons. The molecule has 2 aromatic rings. The molecule has 0 N–H and O–H groups in total. The van der Waals surface area contributed by atoms with E-state index in [0.29, 0.717) is 12.5 Å². The molecule has 1 aromatic carbocycles. The van der Waals surface area contributed by atoms with Gasteiger partial charge in [-0.15, -0.1) is 0 Å². The van der Waals surface area contributed by atoms with Crippen molar-refractivity contribution in [3.05, 3.63) is 48.7 Å². The summed E-state index contributed by atoms with van der Waals surface area (Å²) in [6.07, 6.45) is 0.586. The first-order valence-corrected chi connectivity index (χ1v) is 9.16. The van der Waals surface area contributed by atoms with E-state index in [1.165, 1.54) is 16.7 Å². The van der Waals surface area contributed by atoms with Gasteiger partial charge in [0.05, 0.1) is 0 Å². The van der Waals surface area contributed by atoms with Gasteiger partial charge in [-0.05, 0) is 17.7 Å². The minimum absolute atomic E-state index is 0.108. The normalized spacial score (nSPS) is 18.3. The second-order valence-corrected chi connectivity index (χ2v) is 7.59. The molecule has 0 bridgehead atoms. The zero-order chi connectivity index (χ0) is 19.0. The van der Waals surface area contributed by atoms with E-state index >= 15 is 0 Å². The number of aryl methyl sites for hydroxylation is 1. The van der Waals surface area contributed by atoms with Crippen LogP contribution in [0.25, 0.3) is 11.1 Å². The van der Waals surface area contributed by atoms with Crippen LogP contribution in [-0.4, -0.2) is 71.0 Å². The highest BCUT2D eigenvalue weighted by molar-refractivity contribution is 7.92. The molecule has 3 rings (SSSR count). The molecule has 0 saturated carbocycles. The average Bonchev–Trinajstić information content (AvgIpc) is 3.25. The Labute approximate surface area is 166 Å². The van der Waals surface area contributed by atoms with Gasteiger partial charge in [0.25, 0.3) is 6.71 Å². The molecular formula is C15H16B10N+. The number of hydrogen-bond acceptors (Lipinski definition) is 0. The van der Waals surface area contributed by atoms with Gasteiger partial charge in [0.15, 0.2) is 6.20 Å². The molecule has 10 radical (unpaired) electrons. The van der Waals surface area contributed by atoms with Crippen LogP contribution in [0.3, 0.4) is 0 Å². The number of nitrogens with zero attached hydrogens (tertiary/aromatic N) is 1. The van der Waals surface area contributed by atoms with Crippen LogP contribution in [0.15, 0.2) is 48.7 Å². The second kappa shape index (κ2) is 7.95. The number of hydrogen-bond donors (Lipinski definition) is 0. The molecule has 2 atom stereocenters. The van der Waals surface area contributed by atoms with Crippen LogP contribution in [0, 0.1) is 0 Å². The maximum absolute atomic E-state index is 6.23. The predicted octanol–water partition coefficient (Wildman–Crippen LogP) is -1.27. The highest BCUT2D eigenvalue weighted by Crippen LogP contribution is 2.50. The first-order valence-electron chi connectivity index (χ1n) is 9.16. The second-order valence-electron chi connectivity index (χ2n) is 7.59. The van der Waals surface area contributed by atoms with Gasteiger partial charge in [0.2, 0.25) is 0 Å². The van der Waals surface area contributed by atoms with Crippen molar-refractivity contribution < 1.29 is 4.57 Å². The van der Waals surface area contributed by atoms with Crippen molar-refractivity contribution in [2.45, 2.75) is 18.5 Å². The Bertz CT molecular complexity index is 755. The average molecular weight is 318 g/mol. The Kier molecular flexibility index (Phi) is 6.04. The molecule has 1 aromatic heterocycles. The van der Waals surface area contributed by atoms with E-state index in [1.807, 2.05) is 18.2 Å². The summed E-state index contributed by atoms with van der Waals surface area (Å²) in [6, 6.07) is 14.7. The van der Waals surface area contributed by atoms with Crippen molar-refractivity contribution >= 4 is 76.6 Å². The van der Waals surface area contributed by atoms with Crippen molar-refractivity contribution in [1.29, 1.82) is 0 Å². The Hall–Kier alpha value is -0.981. The standard InChI is InChI=1S/C15H16B10N/c1-11-15(22(23(16)17)25(20)24(18)19)21(11)14-9-8-13(10-26(14)2)12-6-4-3-5-7-12/h3-11,15H,1-2H3/q+1. The van der Waals surface area contributed by atoms with Gasteiger partial charge in [-0.1, -0.05) is 48.8 Å². The molecule has 2 heterocycles. The molecule has 1 nitrogen and oxygen atoms in total. The van der Waals surface area contributed by atoms with Gasteiger partial charge >= 0.3 is 0 Å². The lowest BCUT2D eigenvalue weighted by Crippen LogP contribution is -2.61. The highest BCUT2D eigenvalue weighted by atomic mass is 14.9. The van der Waals surface area contributed by atoms with Gasteiger partial charge in [0.1, 0.15) is 12.6 Å². The Morgan fingerprint density at radius 3 is 2.08 bits per heavy atom. The van der Waals surface area contributed by atoms with Crippen molar-refractivity contribution in [2.75, 3.05) is 0 Å². The van der Waals surface area contributed by atoms with E-state index < -0.39 is 19.2 Å². The lowest BCUT2D eigenvalue weighted by molar-refractivity contribution is -0.653. The van der Waals surface area contributed by atoms with Crippen molar-refractivity contribution in [2.24, 2.45) is 7.05 Å². The predicted molar refractivity (Wildman–Crippen MR) is 123 cm³/mol. The van der Waals surface area contributed by atoms with Crippen molar-refractivity contribution in [3.8, 4) is 11.1 Å². The fourth-order valence-electron chi connectivity index (χ4n) is 4.34. The van der Waals surface area contributed by atoms with Gasteiger partial charge < -0.3 is 0 Å². The van der Waals surface area contributed by atoms with E-state index in [1.54, 1.807) is 0 Å². The van der Waals surface area contributed by atoms with E-state index in [9.17, 15) is 0 Å². The van der Waals surface area contributed by atoms with Gasteiger partial charge in [-0.3, -0.25) is 0 Å². The van der Waals surface area contributed by atoms with Crippen LogP contribution >= 0.6 is 0 Å². The molecule has 1 aliphatic heterocycles. The van der Waals surface area contributed by atoms with Gasteiger partial charge in [-0.25, -0.2) is 4.57 Å². The lowest BCUT2D eigenvalue weighted by atomic mass is 8.62. The van der Waals surface area contributed by atoms with Crippen LogP contribution in [0.2, 0.25) is 11.5 Å². The SMILES string of the molecule is [B]B([B])B([B])B(B([B])[B])C1B(c2ccc(-c3ccccc3)c[n+]2C)C1C. The minimum Gasteiger partial charge on any atom is -0.214 e. The molecule has 0 aliphatic carbocycles. The van der Waals surface area contributed by atoms with Crippen LogP contribution in [0.4, 0.5) is 0 Å². The maximum atomic E-state index is 6.23. The molecule has 1 fully saturated rings. The van der Waals surface area contributed by atoms with Crippen molar-refractivity contribution in [3.63, 3.8) is 0 Å². The highest BCUT2D eigenvalue weighted by Gasteiger charge is 2.60. The Morgan fingerprint density at radius 1 is 0.885 bits per heavy atom. The van der Waals surface area contributed by atoms with E-state index in [0.717, 1.165) is 0 Å². The Balaban J connectivity index is 1.86. The number of benzene rings is 1. The molecular weight excluding hydrogens is 302 g/mol. The molecule has 0 spiro atoms. The topological polar surface area (TPSA) is 3.88 Å². The first-order chi connectivity index (χ1) is 12.3. The fourth-order valence-corrected chi connectivity index (χ4v) is 4.34. The van der Waals surface area contributed by atoms with Crippen LogP contribution in [-0.2, 0) is 7.05 Å². The third kappa shape index (κ3) is 3.82. The van der Waals surface area contributed by atoms with Gasteiger partial charge in [0, 0.05) is 69.9 Å². The Morgan fingerprint density at radius 2 is 1.54 bits per heavy atom. The summed E-state index contributed by atoms with van der Waals surface area (Å²) >= 11 is 0. The summed E-state index contributed by atoms with van der Waals surface area (Å²) in [5, 5.41) is 0. The quantitative estimate of drug-likeness (QED) is 0.462. The molecule has 26 heavy (non-hydrogen) atoms. The van der Waals surface area contributed by atoms with Crippen LogP contribution in [0.1, 0.15) is 6.92 Å². The first kappa shape index (κ1) is 19.8. The third-order valence-corrected chi connectivity index (χ3v) is 5.85. The smallest absolute Gasteiger partial charge is 0.214 e. The molecule has 11 heteroatoms. The van der Waals surface area contributed by atoms with Gasteiger partial charge in [-0.2, -0.15) is 0 Å². The minimum atomic E-state index is -0.628. The van der Waals surface area contributed by atoms with E-state index in [2.05, 4.69) is 49.0 Å². The van der Waals surface area contributed by atoms with E-state index in [4.69, 9.17) is 38.7 Å². The summed E-state index contributed by atoms with van der Waals surface area (Å²) in [7, 11) is 32.0. The van der Waals surface area contributed by atoms with E-state index in [-0.39, 0.29) is 12.2 Å². The number of rotatable bonds is 6. The third-order valence-electron chi connectivity index (χ3n) is 5.85. The number of aromatic nitrogens is 1. The van der Waals surface area contributed by atoms with Crippen LogP contribution in [0.5, 0.6) is 0 Å². The monoisotopic (exact) mass is 320 g/mol. The summed E-state index contributed by atoms with van der Waals surface area (Å²) < 4.78 is 2.19. The number of pyridine rings is 1. The molecule has 0 amide bonds. The molecule has 1 aliphatic rings. The van der Waals surface area contributed by atoms with Crippen LogP contribution < -0.4 is 10.2 Å². The largest absolute Gasteiger partial charge is 0.256 e. The zero-order valence-corrected chi connectivity index (χ0v) is 15.5.